The Labute approximate surface area is 190 Å². The van der Waals surface area contributed by atoms with Crippen molar-refractivity contribution in [3.05, 3.63) is 95.6 Å². The van der Waals surface area contributed by atoms with Gasteiger partial charge in [0.15, 0.2) is 0 Å². The molecule has 0 heterocycles. The summed E-state index contributed by atoms with van der Waals surface area (Å²) in [5.41, 5.74) is 4.52. The Bertz CT molecular complexity index is 918. The summed E-state index contributed by atoms with van der Waals surface area (Å²) in [7, 11) is 1.67. The molecule has 168 valence electrons. The van der Waals surface area contributed by atoms with Gasteiger partial charge in [0.25, 0.3) is 0 Å². The van der Waals surface area contributed by atoms with E-state index in [1.165, 1.54) is 11.1 Å². The van der Waals surface area contributed by atoms with Gasteiger partial charge in [0.2, 0.25) is 0 Å². The van der Waals surface area contributed by atoms with Crippen molar-refractivity contribution in [1.29, 1.82) is 0 Å². The maximum Gasteiger partial charge on any atom is 0.308 e. The Morgan fingerprint density at radius 3 is 2.03 bits per heavy atom. The first-order chi connectivity index (χ1) is 15.7. The first kappa shape index (κ1) is 23.4. The van der Waals surface area contributed by atoms with E-state index < -0.39 is 0 Å². The van der Waals surface area contributed by atoms with Crippen LogP contribution in [0.2, 0.25) is 0 Å². The van der Waals surface area contributed by atoms with Gasteiger partial charge in [-0.25, -0.2) is 0 Å². The summed E-state index contributed by atoms with van der Waals surface area (Å²) in [6.07, 6.45) is 0.249. The van der Waals surface area contributed by atoms with Crippen molar-refractivity contribution in [3.8, 4) is 5.75 Å². The summed E-state index contributed by atoms with van der Waals surface area (Å²) in [4.78, 5) is 13.8. The zero-order valence-corrected chi connectivity index (χ0v) is 18.8. The molecule has 0 fully saturated rings. The Kier molecular flexibility index (Phi) is 9.14. The van der Waals surface area contributed by atoms with Crippen molar-refractivity contribution in [2.24, 2.45) is 0 Å². The van der Waals surface area contributed by atoms with Gasteiger partial charge in [-0.3, -0.25) is 4.79 Å². The van der Waals surface area contributed by atoms with Crippen molar-refractivity contribution in [2.45, 2.75) is 33.0 Å². The number of nitrogens with zero attached hydrogens (tertiary/aromatic N) is 1. The quantitative estimate of drug-likeness (QED) is 0.284. The molecule has 0 aromatic heterocycles. The summed E-state index contributed by atoms with van der Waals surface area (Å²) in [6, 6.07) is 27.0. The molecule has 0 saturated heterocycles. The van der Waals surface area contributed by atoms with E-state index in [4.69, 9.17) is 14.2 Å². The molecular formula is C27H31NO4. The normalized spacial score (nSPS) is 10.6. The van der Waals surface area contributed by atoms with Crippen LogP contribution in [0.15, 0.2) is 78.9 Å². The predicted molar refractivity (Wildman–Crippen MR) is 127 cm³/mol. The Morgan fingerprint density at radius 1 is 0.844 bits per heavy atom. The molecule has 0 spiro atoms. The van der Waals surface area contributed by atoms with Crippen molar-refractivity contribution in [1.82, 2.24) is 0 Å². The number of benzene rings is 3. The first-order valence-corrected chi connectivity index (χ1v) is 10.9. The van der Waals surface area contributed by atoms with Crippen molar-refractivity contribution < 1.29 is 19.0 Å². The standard InChI is InChI=1S/C27H31NO4/c1-3-32-27(29)14-15-31-21-24-16-25(18-26(17-24)30-2)28(19-22-10-6-4-7-11-22)20-23-12-8-5-9-13-23/h4-13,16-18H,3,14-15,19-21H2,1-2H3. The molecule has 0 bridgehead atoms. The number of hydrogen-bond acceptors (Lipinski definition) is 5. The number of hydrogen-bond donors (Lipinski definition) is 0. The zero-order valence-electron chi connectivity index (χ0n) is 18.8. The van der Waals surface area contributed by atoms with Crippen molar-refractivity contribution in [2.75, 3.05) is 25.2 Å². The molecule has 0 N–H and O–H groups in total. The van der Waals surface area contributed by atoms with Crippen LogP contribution >= 0.6 is 0 Å². The molecule has 0 aliphatic heterocycles. The summed E-state index contributed by atoms with van der Waals surface area (Å²) < 4.78 is 16.2. The number of rotatable bonds is 12. The number of carbonyl (C=O) groups excluding carboxylic acids is 1. The fraction of sp³-hybridized carbons (Fsp3) is 0.296. The average molecular weight is 434 g/mol. The molecule has 5 nitrogen and oxygen atoms in total. The molecule has 0 saturated carbocycles. The minimum atomic E-state index is -0.240. The lowest BCUT2D eigenvalue weighted by Gasteiger charge is -2.26. The molecule has 0 aliphatic rings. The van der Waals surface area contributed by atoms with E-state index >= 15 is 0 Å². The SMILES string of the molecule is CCOC(=O)CCOCc1cc(OC)cc(N(Cc2ccccc2)Cc2ccccc2)c1. The minimum Gasteiger partial charge on any atom is -0.497 e. The number of methoxy groups -OCH3 is 1. The summed E-state index contributed by atoms with van der Waals surface area (Å²) in [5.74, 6) is 0.536. The lowest BCUT2D eigenvalue weighted by molar-refractivity contribution is -0.144. The van der Waals surface area contributed by atoms with Gasteiger partial charge in [-0.1, -0.05) is 60.7 Å². The van der Waals surface area contributed by atoms with Crippen molar-refractivity contribution >= 4 is 11.7 Å². The van der Waals surface area contributed by atoms with Gasteiger partial charge < -0.3 is 19.1 Å². The van der Waals surface area contributed by atoms with E-state index in [0.717, 1.165) is 30.1 Å². The van der Waals surface area contributed by atoms with Crippen LogP contribution in [0.4, 0.5) is 5.69 Å². The lowest BCUT2D eigenvalue weighted by Crippen LogP contribution is -2.22. The molecule has 0 radical (unpaired) electrons. The van der Waals surface area contributed by atoms with E-state index in [1.807, 2.05) is 24.3 Å². The van der Waals surface area contributed by atoms with Crippen LogP contribution in [0.5, 0.6) is 5.75 Å². The summed E-state index contributed by atoms with van der Waals surface area (Å²) in [6.45, 7) is 4.44. The molecule has 5 heteroatoms. The topological polar surface area (TPSA) is 48.0 Å². The van der Waals surface area contributed by atoms with Gasteiger partial charge in [0, 0.05) is 24.8 Å². The van der Waals surface area contributed by atoms with Gasteiger partial charge in [-0.05, 0) is 35.7 Å². The van der Waals surface area contributed by atoms with Crippen LogP contribution in [0.1, 0.15) is 30.0 Å². The highest BCUT2D eigenvalue weighted by molar-refractivity contribution is 5.69. The fourth-order valence-electron chi connectivity index (χ4n) is 3.45. The predicted octanol–water partition coefficient (Wildman–Crippen LogP) is 5.37. The van der Waals surface area contributed by atoms with E-state index in [0.29, 0.717) is 19.8 Å². The van der Waals surface area contributed by atoms with Gasteiger partial charge in [-0.15, -0.1) is 0 Å². The fourth-order valence-corrected chi connectivity index (χ4v) is 3.45. The minimum absolute atomic E-state index is 0.240. The number of ether oxygens (including phenoxy) is 3. The molecule has 3 rings (SSSR count). The molecule has 0 unspecified atom stereocenters. The van der Waals surface area contributed by atoms with E-state index in [9.17, 15) is 4.79 Å². The number of carbonyl (C=O) groups is 1. The number of anilines is 1. The van der Waals surface area contributed by atoms with Crippen LogP contribution in [0.25, 0.3) is 0 Å². The highest BCUT2D eigenvalue weighted by Crippen LogP contribution is 2.27. The van der Waals surface area contributed by atoms with Gasteiger partial charge in [0.1, 0.15) is 5.75 Å². The third-order valence-corrected chi connectivity index (χ3v) is 5.01. The first-order valence-electron chi connectivity index (χ1n) is 10.9. The summed E-state index contributed by atoms with van der Waals surface area (Å²) >= 11 is 0. The van der Waals surface area contributed by atoms with Crippen LogP contribution in [0, 0.1) is 0 Å². The van der Waals surface area contributed by atoms with Gasteiger partial charge in [-0.2, -0.15) is 0 Å². The highest BCUT2D eigenvalue weighted by Gasteiger charge is 2.12. The molecule has 32 heavy (non-hydrogen) atoms. The third-order valence-electron chi connectivity index (χ3n) is 5.01. The summed E-state index contributed by atoms with van der Waals surface area (Å²) in [5, 5.41) is 0. The Hall–Kier alpha value is -3.31. The van der Waals surface area contributed by atoms with E-state index in [2.05, 4.69) is 59.5 Å². The Balaban J connectivity index is 1.77. The van der Waals surface area contributed by atoms with E-state index in [1.54, 1.807) is 14.0 Å². The highest BCUT2D eigenvalue weighted by atomic mass is 16.5. The van der Waals surface area contributed by atoms with E-state index in [-0.39, 0.29) is 12.4 Å². The lowest BCUT2D eigenvalue weighted by atomic mass is 10.1. The van der Waals surface area contributed by atoms with Crippen molar-refractivity contribution in [3.63, 3.8) is 0 Å². The molecular weight excluding hydrogens is 402 g/mol. The largest absolute Gasteiger partial charge is 0.497 e. The molecule has 3 aromatic carbocycles. The molecule has 0 aliphatic carbocycles. The average Bonchev–Trinajstić information content (AvgIpc) is 2.83. The van der Waals surface area contributed by atoms with Crippen LogP contribution in [-0.2, 0) is 34.0 Å². The molecule has 0 atom stereocenters. The second-order valence-electron chi connectivity index (χ2n) is 7.47. The van der Waals surface area contributed by atoms with Crippen LogP contribution < -0.4 is 9.64 Å². The Morgan fingerprint density at radius 2 is 1.47 bits per heavy atom. The third kappa shape index (κ3) is 7.43. The molecule has 3 aromatic rings. The second-order valence-corrected chi connectivity index (χ2v) is 7.47. The molecule has 0 amide bonds. The zero-order chi connectivity index (χ0) is 22.6. The van der Waals surface area contributed by atoms with Crippen LogP contribution in [0.3, 0.4) is 0 Å². The van der Waals surface area contributed by atoms with Crippen LogP contribution in [-0.4, -0.2) is 26.3 Å². The maximum absolute atomic E-state index is 11.5. The monoisotopic (exact) mass is 433 g/mol. The van der Waals surface area contributed by atoms with Gasteiger partial charge >= 0.3 is 5.97 Å². The van der Waals surface area contributed by atoms with Gasteiger partial charge in [0.05, 0.1) is 33.4 Å². The smallest absolute Gasteiger partial charge is 0.308 e. The maximum atomic E-state index is 11.5. The number of esters is 1. The second kappa shape index (κ2) is 12.5.